The Kier molecular flexibility index (Phi) is 7.93. The Hall–Kier alpha value is -4.35. The zero-order valence-electron chi connectivity index (χ0n) is 21.3. The molecular formula is C28H26N2O7S2. The maximum atomic E-state index is 13.0. The molecule has 0 fully saturated rings. The van der Waals surface area contributed by atoms with Crippen molar-refractivity contribution in [2.45, 2.75) is 30.6 Å². The molecular weight excluding hydrogens is 540 g/mol. The Morgan fingerprint density at radius 2 is 1.10 bits per heavy atom. The fraction of sp³-hybridized carbons (Fsp3) is 0.107. The normalized spacial score (nSPS) is 11.5. The van der Waals surface area contributed by atoms with Gasteiger partial charge in [-0.25, -0.2) is 4.79 Å². The molecule has 11 heteroatoms. The van der Waals surface area contributed by atoms with Crippen molar-refractivity contribution >= 4 is 37.6 Å². The van der Waals surface area contributed by atoms with Crippen molar-refractivity contribution in [2.75, 3.05) is 10.6 Å². The van der Waals surface area contributed by atoms with Crippen LogP contribution in [0.25, 0.3) is 0 Å². The van der Waals surface area contributed by atoms with Crippen LogP contribution >= 0.6 is 0 Å². The minimum Gasteiger partial charge on any atom is -0.379 e. The van der Waals surface area contributed by atoms with E-state index in [4.69, 9.17) is 8.37 Å². The van der Waals surface area contributed by atoms with Gasteiger partial charge in [0.2, 0.25) is 0 Å². The number of carbonyl (C=O) groups excluding carboxylic acids is 1. The lowest BCUT2D eigenvalue weighted by Gasteiger charge is -2.14. The number of amides is 2. The SMILES string of the molecule is Cc1cc(C)c(S(=O)(=O)Oc2cccc(NC(=O)Nc3cccc(OS(=O)(=O)c4ccccc4)c3)c2)c(C)c1. The predicted octanol–water partition coefficient (Wildman–Crippen LogP) is 5.79. The van der Waals surface area contributed by atoms with Crippen molar-refractivity contribution in [3.63, 3.8) is 0 Å². The van der Waals surface area contributed by atoms with Crippen molar-refractivity contribution in [1.29, 1.82) is 0 Å². The van der Waals surface area contributed by atoms with Crippen LogP contribution in [0.2, 0.25) is 0 Å². The summed E-state index contributed by atoms with van der Waals surface area (Å²) in [5, 5.41) is 5.18. The first-order valence-corrected chi connectivity index (χ1v) is 14.5. The summed E-state index contributed by atoms with van der Waals surface area (Å²) in [6.07, 6.45) is 0. The maximum Gasteiger partial charge on any atom is 0.339 e. The van der Waals surface area contributed by atoms with E-state index >= 15 is 0 Å². The molecule has 4 rings (SSSR count). The van der Waals surface area contributed by atoms with Gasteiger partial charge in [0.1, 0.15) is 21.3 Å². The van der Waals surface area contributed by atoms with E-state index in [2.05, 4.69) is 10.6 Å². The van der Waals surface area contributed by atoms with E-state index in [1.54, 1.807) is 56.3 Å². The van der Waals surface area contributed by atoms with Crippen LogP contribution in [-0.4, -0.2) is 22.9 Å². The highest BCUT2D eigenvalue weighted by atomic mass is 32.2. The van der Waals surface area contributed by atoms with E-state index < -0.39 is 26.3 Å². The molecule has 0 aliphatic heterocycles. The lowest BCUT2D eigenvalue weighted by Crippen LogP contribution is -2.19. The van der Waals surface area contributed by atoms with Crippen LogP contribution in [-0.2, 0) is 20.2 Å². The fourth-order valence-electron chi connectivity index (χ4n) is 4.04. The van der Waals surface area contributed by atoms with E-state index in [0.717, 1.165) is 5.56 Å². The van der Waals surface area contributed by atoms with Crippen LogP contribution in [0, 0.1) is 20.8 Å². The molecule has 0 heterocycles. The maximum absolute atomic E-state index is 13.0. The number of carbonyl (C=O) groups is 1. The number of benzene rings is 4. The lowest BCUT2D eigenvalue weighted by molar-refractivity contribution is 0.262. The van der Waals surface area contributed by atoms with E-state index in [-0.39, 0.29) is 32.7 Å². The molecule has 0 radical (unpaired) electrons. The number of hydrogen-bond donors (Lipinski definition) is 2. The Balaban J connectivity index is 1.44. The minimum atomic E-state index is -4.12. The predicted molar refractivity (Wildman–Crippen MR) is 148 cm³/mol. The number of urea groups is 1. The molecule has 202 valence electrons. The number of rotatable bonds is 8. The van der Waals surface area contributed by atoms with Gasteiger partial charge < -0.3 is 19.0 Å². The highest BCUT2D eigenvalue weighted by Crippen LogP contribution is 2.27. The largest absolute Gasteiger partial charge is 0.379 e. The van der Waals surface area contributed by atoms with Crippen molar-refractivity contribution in [3.05, 3.63) is 108 Å². The Bertz CT molecular complexity index is 1710. The Labute approximate surface area is 227 Å². The van der Waals surface area contributed by atoms with Gasteiger partial charge in [-0.2, -0.15) is 16.8 Å². The highest BCUT2D eigenvalue weighted by Gasteiger charge is 2.22. The van der Waals surface area contributed by atoms with Gasteiger partial charge in [-0.1, -0.05) is 48.0 Å². The van der Waals surface area contributed by atoms with Gasteiger partial charge in [-0.3, -0.25) is 0 Å². The van der Waals surface area contributed by atoms with Crippen LogP contribution in [0.3, 0.4) is 0 Å². The van der Waals surface area contributed by atoms with Gasteiger partial charge in [-0.05, 0) is 68.3 Å². The smallest absolute Gasteiger partial charge is 0.339 e. The number of aryl methyl sites for hydroxylation is 3. The first-order chi connectivity index (χ1) is 18.4. The van der Waals surface area contributed by atoms with E-state index in [9.17, 15) is 21.6 Å². The van der Waals surface area contributed by atoms with Gasteiger partial charge in [-0.15, -0.1) is 0 Å². The zero-order chi connectivity index (χ0) is 28.2. The van der Waals surface area contributed by atoms with Crippen LogP contribution < -0.4 is 19.0 Å². The van der Waals surface area contributed by atoms with Crippen molar-refractivity contribution in [2.24, 2.45) is 0 Å². The number of hydrogen-bond acceptors (Lipinski definition) is 7. The van der Waals surface area contributed by atoms with Gasteiger partial charge in [0.25, 0.3) is 0 Å². The average Bonchev–Trinajstić information content (AvgIpc) is 2.83. The summed E-state index contributed by atoms with van der Waals surface area (Å²) in [7, 11) is -8.16. The molecule has 0 aromatic heterocycles. The zero-order valence-corrected chi connectivity index (χ0v) is 23.0. The summed E-state index contributed by atoms with van der Waals surface area (Å²) in [5.74, 6) is 0.0349. The topological polar surface area (TPSA) is 128 Å². The van der Waals surface area contributed by atoms with Crippen molar-refractivity contribution < 1.29 is 30.0 Å². The summed E-state index contributed by atoms with van der Waals surface area (Å²) >= 11 is 0. The third kappa shape index (κ3) is 6.95. The Morgan fingerprint density at radius 3 is 1.62 bits per heavy atom. The highest BCUT2D eigenvalue weighted by molar-refractivity contribution is 7.87. The van der Waals surface area contributed by atoms with E-state index in [1.165, 1.54) is 48.5 Å². The molecule has 0 aliphatic carbocycles. The average molecular weight is 567 g/mol. The summed E-state index contributed by atoms with van der Waals surface area (Å²) in [6, 6.07) is 22.4. The van der Waals surface area contributed by atoms with Crippen molar-refractivity contribution in [3.8, 4) is 11.5 Å². The summed E-state index contributed by atoms with van der Waals surface area (Å²) in [5.41, 5.74) is 2.63. The third-order valence-corrected chi connectivity index (χ3v) is 8.30. The third-order valence-electron chi connectivity index (χ3n) is 5.48. The molecule has 0 aliphatic rings. The van der Waals surface area contributed by atoms with Crippen molar-refractivity contribution in [1.82, 2.24) is 0 Å². The fourth-order valence-corrected chi connectivity index (χ4v) is 6.33. The van der Waals surface area contributed by atoms with Crippen LogP contribution in [0.1, 0.15) is 16.7 Å². The molecule has 0 bridgehead atoms. The van der Waals surface area contributed by atoms with Crippen LogP contribution in [0.4, 0.5) is 16.2 Å². The van der Waals surface area contributed by atoms with E-state index in [0.29, 0.717) is 11.1 Å². The summed E-state index contributed by atoms with van der Waals surface area (Å²) in [6.45, 7) is 5.29. The molecule has 4 aromatic carbocycles. The molecule has 9 nitrogen and oxygen atoms in total. The summed E-state index contributed by atoms with van der Waals surface area (Å²) in [4.78, 5) is 12.7. The molecule has 0 unspecified atom stereocenters. The molecule has 0 saturated heterocycles. The minimum absolute atomic E-state index is 0.00193. The second-order valence-electron chi connectivity index (χ2n) is 8.75. The molecule has 2 amide bonds. The Morgan fingerprint density at radius 1 is 0.615 bits per heavy atom. The van der Waals surface area contributed by atoms with Crippen LogP contribution in [0.5, 0.6) is 11.5 Å². The van der Waals surface area contributed by atoms with Gasteiger partial charge >= 0.3 is 26.3 Å². The van der Waals surface area contributed by atoms with Gasteiger partial charge in [0.05, 0.1) is 0 Å². The monoisotopic (exact) mass is 566 g/mol. The number of anilines is 2. The number of nitrogens with one attached hydrogen (secondary N) is 2. The van der Waals surface area contributed by atoms with Gasteiger partial charge in [0.15, 0.2) is 0 Å². The molecule has 2 N–H and O–H groups in total. The quantitative estimate of drug-likeness (QED) is 0.258. The molecule has 0 saturated carbocycles. The van der Waals surface area contributed by atoms with E-state index in [1.807, 2.05) is 6.92 Å². The van der Waals surface area contributed by atoms with Gasteiger partial charge in [0, 0.05) is 23.5 Å². The second kappa shape index (κ2) is 11.2. The first-order valence-electron chi connectivity index (χ1n) is 11.7. The summed E-state index contributed by atoms with van der Waals surface area (Å²) < 4.78 is 61.4. The standard InChI is InChI=1S/C28H26N2O7S2/c1-19-15-20(2)27(21(3)16-19)39(34,35)37-25-12-8-10-23(18-25)30-28(31)29-22-9-7-11-24(17-22)36-38(32,33)26-13-5-4-6-14-26/h4-18H,1-3H3,(H2,29,30,31). The lowest BCUT2D eigenvalue weighted by atomic mass is 10.1. The molecule has 0 atom stereocenters. The molecule has 0 spiro atoms. The second-order valence-corrected chi connectivity index (χ2v) is 11.8. The first kappa shape index (κ1) is 27.7. The molecule has 4 aromatic rings. The molecule has 39 heavy (non-hydrogen) atoms. The van der Waals surface area contributed by atoms with Crippen LogP contribution in [0.15, 0.2) is 101 Å².